The monoisotopic (exact) mass is 268 g/mol. The molecular weight excluding hydrogens is 256 g/mol. The molecule has 0 spiro atoms. The van der Waals surface area contributed by atoms with Gasteiger partial charge in [0.2, 0.25) is 0 Å². The van der Waals surface area contributed by atoms with Gasteiger partial charge in [-0.25, -0.2) is 0 Å². The summed E-state index contributed by atoms with van der Waals surface area (Å²) in [6, 6.07) is 7.96. The van der Waals surface area contributed by atoms with E-state index in [1.165, 1.54) is 0 Å². The summed E-state index contributed by atoms with van der Waals surface area (Å²) in [5, 5.41) is 9.88. The molecule has 2 nitrogen and oxygen atoms in total. The van der Waals surface area contributed by atoms with Crippen LogP contribution in [-0.2, 0) is 11.2 Å². The highest BCUT2D eigenvalue weighted by atomic mass is 79.9. The molecule has 0 radical (unpaired) electrons. The number of halogens is 1. The molecule has 1 aromatic rings. The third-order valence-corrected chi connectivity index (χ3v) is 2.87. The Hall–Kier alpha value is -0.800. The second kappa shape index (κ2) is 4.81. The van der Waals surface area contributed by atoms with Gasteiger partial charge in [-0.15, -0.1) is 0 Å². The van der Waals surface area contributed by atoms with Gasteiger partial charge in [0.25, 0.3) is 0 Å². The molecule has 0 saturated carbocycles. The first-order chi connectivity index (χ1) is 7.25. The van der Waals surface area contributed by atoms with Crippen LogP contribution in [0.5, 0.6) is 0 Å². The van der Waals surface area contributed by atoms with Crippen molar-refractivity contribution in [2.45, 2.75) is 18.9 Å². The topological polar surface area (TPSA) is 29.5 Å². The van der Waals surface area contributed by atoms with Crippen molar-refractivity contribution in [1.82, 2.24) is 0 Å². The summed E-state index contributed by atoms with van der Waals surface area (Å²) in [6.45, 7) is 0.699. The van der Waals surface area contributed by atoms with Crippen LogP contribution in [-0.4, -0.2) is 17.8 Å². The lowest BCUT2D eigenvalue weighted by molar-refractivity contribution is 0.118. The van der Waals surface area contributed by atoms with Crippen molar-refractivity contribution < 1.29 is 9.84 Å². The first kappa shape index (κ1) is 10.7. The second-order valence-corrected chi connectivity index (χ2v) is 4.51. The van der Waals surface area contributed by atoms with Crippen LogP contribution in [0.25, 0.3) is 0 Å². The standard InChI is InChI=1S/C12H13BrO2/c13-10-4-1-3-9(7-10)8-11(14)12-5-2-6-15-12/h1,3-5,7,11,14H,2,6,8H2. The largest absolute Gasteiger partial charge is 0.495 e. The zero-order valence-corrected chi connectivity index (χ0v) is 9.90. The highest BCUT2D eigenvalue weighted by Gasteiger charge is 2.16. The number of rotatable bonds is 3. The maximum Gasteiger partial charge on any atom is 0.121 e. The van der Waals surface area contributed by atoms with Gasteiger partial charge in [-0.05, 0) is 23.8 Å². The van der Waals surface area contributed by atoms with Crippen LogP contribution in [0.15, 0.2) is 40.6 Å². The van der Waals surface area contributed by atoms with Crippen LogP contribution < -0.4 is 0 Å². The lowest BCUT2D eigenvalue weighted by Crippen LogP contribution is -2.14. The first-order valence-corrected chi connectivity index (χ1v) is 5.80. The van der Waals surface area contributed by atoms with Gasteiger partial charge >= 0.3 is 0 Å². The van der Waals surface area contributed by atoms with E-state index in [1.807, 2.05) is 30.3 Å². The minimum atomic E-state index is -0.512. The fraction of sp³-hybridized carbons (Fsp3) is 0.333. The van der Waals surface area contributed by atoms with Gasteiger partial charge in [0.15, 0.2) is 0 Å². The van der Waals surface area contributed by atoms with Crippen LogP contribution >= 0.6 is 15.9 Å². The summed E-state index contributed by atoms with van der Waals surface area (Å²) in [5.41, 5.74) is 1.10. The lowest BCUT2D eigenvalue weighted by atomic mass is 10.1. The van der Waals surface area contributed by atoms with E-state index < -0.39 is 6.10 Å². The molecule has 1 unspecified atom stereocenters. The predicted octanol–water partition coefficient (Wildman–Crippen LogP) is 2.66. The highest BCUT2D eigenvalue weighted by Crippen LogP contribution is 2.19. The van der Waals surface area contributed by atoms with Crippen molar-refractivity contribution in [2.75, 3.05) is 6.61 Å². The van der Waals surface area contributed by atoms with Crippen LogP contribution in [0.3, 0.4) is 0 Å². The third kappa shape index (κ3) is 2.83. The van der Waals surface area contributed by atoms with E-state index in [0.717, 1.165) is 22.2 Å². The summed E-state index contributed by atoms with van der Waals surface area (Å²) in [7, 11) is 0. The minimum absolute atomic E-state index is 0.512. The van der Waals surface area contributed by atoms with Gasteiger partial charge in [-0.1, -0.05) is 28.1 Å². The van der Waals surface area contributed by atoms with Crippen molar-refractivity contribution in [3.8, 4) is 0 Å². The normalized spacial score (nSPS) is 17.1. The summed E-state index contributed by atoms with van der Waals surface area (Å²) in [6.07, 6.45) is 2.96. The average Bonchev–Trinajstić information content (AvgIpc) is 2.70. The number of hydrogen-bond donors (Lipinski definition) is 1. The maximum atomic E-state index is 9.88. The number of aliphatic hydroxyl groups is 1. The van der Waals surface area contributed by atoms with E-state index in [9.17, 15) is 5.11 Å². The van der Waals surface area contributed by atoms with Crippen molar-refractivity contribution in [3.63, 3.8) is 0 Å². The van der Waals surface area contributed by atoms with Crippen molar-refractivity contribution in [1.29, 1.82) is 0 Å². The zero-order valence-electron chi connectivity index (χ0n) is 8.32. The Kier molecular flexibility index (Phi) is 3.44. The molecule has 80 valence electrons. The van der Waals surface area contributed by atoms with Gasteiger partial charge in [-0.2, -0.15) is 0 Å². The Morgan fingerprint density at radius 3 is 3.00 bits per heavy atom. The van der Waals surface area contributed by atoms with E-state index in [2.05, 4.69) is 15.9 Å². The van der Waals surface area contributed by atoms with E-state index >= 15 is 0 Å². The molecular formula is C12H13BrO2. The smallest absolute Gasteiger partial charge is 0.121 e. The first-order valence-electron chi connectivity index (χ1n) is 5.01. The zero-order chi connectivity index (χ0) is 10.7. The van der Waals surface area contributed by atoms with Crippen molar-refractivity contribution >= 4 is 15.9 Å². The Morgan fingerprint density at radius 1 is 1.47 bits per heavy atom. The molecule has 1 aliphatic rings. The van der Waals surface area contributed by atoms with Crippen molar-refractivity contribution in [2.24, 2.45) is 0 Å². The third-order valence-electron chi connectivity index (χ3n) is 2.38. The molecule has 1 aliphatic heterocycles. The maximum absolute atomic E-state index is 9.88. The number of aliphatic hydroxyl groups excluding tert-OH is 1. The Bertz CT molecular complexity index is 374. The Labute approximate surface area is 97.7 Å². The Balaban J connectivity index is 2.02. The van der Waals surface area contributed by atoms with E-state index in [1.54, 1.807) is 0 Å². The molecule has 0 saturated heterocycles. The lowest BCUT2D eigenvalue weighted by Gasteiger charge is -2.12. The highest BCUT2D eigenvalue weighted by molar-refractivity contribution is 9.10. The van der Waals surface area contributed by atoms with Crippen LogP contribution in [0.1, 0.15) is 12.0 Å². The molecule has 2 rings (SSSR count). The molecule has 0 aromatic heterocycles. The summed E-state index contributed by atoms with van der Waals surface area (Å²) in [4.78, 5) is 0. The van der Waals surface area contributed by atoms with Gasteiger partial charge in [0.1, 0.15) is 11.9 Å². The van der Waals surface area contributed by atoms with E-state index in [0.29, 0.717) is 13.0 Å². The fourth-order valence-corrected chi connectivity index (χ4v) is 2.10. The summed E-state index contributed by atoms with van der Waals surface area (Å²) >= 11 is 3.41. The molecule has 1 atom stereocenters. The molecule has 15 heavy (non-hydrogen) atoms. The second-order valence-electron chi connectivity index (χ2n) is 3.59. The molecule has 1 N–H and O–H groups in total. The molecule has 3 heteroatoms. The molecule has 0 fully saturated rings. The Morgan fingerprint density at radius 2 is 2.33 bits per heavy atom. The molecule has 0 aliphatic carbocycles. The average molecular weight is 269 g/mol. The van der Waals surface area contributed by atoms with Crippen molar-refractivity contribution in [3.05, 3.63) is 46.1 Å². The van der Waals surface area contributed by atoms with E-state index in [4.69, 9.17) is 4.74 Å². The van der Waals surface area contributed by atoms with Crippen LogP contribution in [0.2, 0.25) is 0 Å². The van der Waals surface area contributed by atoms with Gasteiger partial charge < -0.3 is 9.84 Å². The van der Waals surface area contributed by atoms with Gasteiger partial charge in [-0.3, -0.25) is 0 Å². The number of hydrogen-bond acceptors (Lipinski definition) is 2. The van der Waals surface area contributed by atoms with Gasteiger partial charge in [0, 0.05) is 17.3 Å². The molecule has 1 aromatic carbocycles. The SMILES string of the molecule is OC(Cc1cccc(Br)c1)C1=CCCO1. The minimum Gasteiger partial charge on any atom is -0.495 e. The summed E-state index contributed by atoms with van der Waals surface area (Å²) in [5.74, 6) is 0.718. The molecule has 0 bridgehead atoms. The molecule has 1 heterocycles. The van der Waals surface area contributed by atoms with Crippen LogP contribution in [0, 0.1) is 0 Å². The van der Waals surface area contributed by atoms with Gasteiger partial charge in [0.05, 0.1) is 6.61 Å². The quantitative estimate of drug-likeness (QED) is 0.914. The summed E-state index contributed by atoms with van der Waals surface area (Å²) < 4.78 is 6.35. The number of benzene rings is 1. The van der Waals surface area contributed by atoms with E-state index in [-0.39, 0.29) is 0 Å². The predicted molar refractivity (Wildman–Crippen MR) is 62.5 cm³/mol. The van der Waals surface area contributed by atoms with Crippen LogP contribution in [0.4, 0.5) is 0 Å². The fourth-order valence-electron chi connectivity index (χ4n) is 1.66. The molecule has 0 amide bonds. The number of ether oxygens (including phenoxy) is 1.